The molecule has 0 bridgehead atoms. The van der Waals surface area contributed by atoms with E-state index in [1.165, 1.54) is 0 Å². The van der Waals surface area contributed by atoms with Crippen molar-refractivity contribution < 1.29 is 24.1 Å². The van der Waals surface area contributed by atoms with Crippen LogP contribution in [-0.4, -0.2) is 47.4 Å². The summed E-state index contributed by atoms with van der Waals surface area (Å²) in [5.41, 5.74) is 0. The second-order valence-corrected chi connectivity index (χ2v) is 6.21. The number of carbonyl (C=O) groups excluding carboxylic acids is 1. The molecule has 2 saturated heterocycles. The quantitative estimate of drug-likeness (QED) is 0.737. The number of ether oxygens (including phenoxy) is 3. The minimum absolute atomic E-state index is 0.0111. The fraction of sp³-hybridized carbons (Fsp3) is 0.923. The third-order valence-electron chi connectivity index (χ3n) is 4.24. The number of nitrogens with one attached hydrogen (secondary N) is 1. The Morgan fingerprint density at radius 1 is 1.32 bits per heavy atom. The van der Waals surface area contributed by atoms with Gasteiger partial charge in [0.1, 0.15) is 6.10 Å². The molecule has 1 aliphatic carbocycles. The Bertz CT molecular complexity index is 385. The summed E-state index contributed by atoms with van der Waals surface area (Å²) < 4.78 is 16.9. The smallest absolute Gasteiger partial charge is 0.407 e. The van der Waals surface area contributed by atoms with E-state index in [-0.39, 0.29) is 30.3 Å². The molecule has 2 N–H and O–H groups in total. The van der Waals surface area contributed by atoms with Crippen LogP contribution in [-0.2, 0) is 14.2 Å². The maximum absolute atomic E-state index is 11.3. The van der Waals surface area contributed by atoms with Crippen molar-refractivity contribution in [2.24, 2.45) is 5.92 Å². The summed E-state index contributed by atoms with van der Waals surface area (Å²) >= 11 is 0. The molecular formula is C13H21NO5. The Morgan fingerprint density at radius 2 is 2.05 bits per heavy atom. The SMILES string of the molecule is C[C@H]1OC(=O)N[C@@H]1C1C[C@@H](O)C[C@H]2OC(C)(C)O[C@H]12. The molecule has 2 aliphatic heterocycles. The van der Waals surface area contributed by atoms with Crippen LogP contribution in [0.2, 0.25) is 0 Å². The van der Waals surface area contributed by atoms with E-state index in [9.17, 15) is 9.90 Å². The average molecular weight is 271 g/mol. The molecule has 19 heavy (non-hydrogen) atoms. The van der Waals surface area contributed by atoms with Crippen molar-refractivity contribution in [2.45, 2.75) is 69.9 Å². The fourth-order valence-corrected chi connectivity index (χ4v) is 3.56. The average Bonchev–Trinajstić information content (AvgIpc) is 2.75. The van der Waals surface area contributed by atoms with Gasteiger partial charge in [-0.15, -0.1) is 0 Å². The van der Waals surface area contributed by atoms with Gasteiger partial charge in [-0.05, 0) is 27.2 Å². The predicted octanol–water partition coefficient (Wildman–Crippen LogP) is 0.774. The summed E-state index contributed by atoms with van der Waals surface area (Å²) in [5, 5.41) is 12.8. The van der Waals surface area contributed by atoms with Gasteiger partial charge >= 0.3 is 6.09 Å². The highest BCUT2D eigenvalue weighted by Gasteiger charge is 2.53. The molecule has 3 fully saturated rings. The molecule has 0 spiro atoms. The maximum Gasteiger partial charge on any atom is 0.407 e. The molecule has 3 aliphatic rings. The minimum atomic E-state index is -0.635. The fourth-order valence-electron chi connectivity index (χ4n) is 3.56. The maximum atomic E-state index is 11.3. The number of hydrogen-bond acceptors (Lipinski definition) is 5. The second-order valence-electron chi connectivity index (χ2n) is 6.21. The first-order valence-corrected chi connectivity index (χ1v) is 6.86. The van der Waals surface area contributed by atoms with Crippen LogP contribution in [0.3, 0.4) is 0 Å². The van der Waals surface area contributed by atoms with Crippen molar-refractivity contribution in [2.75, 3.05) is 0 Å². The van der Waals surface area contributed by atoms with Crippen LogP contribution in [0.15, 0.2) is 0 Å². The van der Waals surface area contributed by atoms with Gasteiger partial charge < -0.3 is 24.6 Å². The number of amides is 1. The molecule has 0 aromatic heterocycles. The molecule has 0 aromatic carbocycles. The number of carbonyl (C=O) groups is 1. The number of rotatable bonds is 1. The Morgan fingerprint density at radius 3 is 2.68 bits per heavy atom. The van der Waals surface area contributed by atoms with E-state index in [1.54, 1.807) is 0 Å². The zero-order valence-electron chi connectivity index (χ0n) is 11.5. The molecule has 1 amide bonds. The van der Waals surface area contributed by atoms with Gasteiger partial charge in [0.05, 0.1) is 24.4 Å². The molecule has 108 valence electrons. The lowest BCUT2D eigenvalue weighted by molar-refractivity contribution is -0.150. The van der Waals surface area contributed by atoms with Crippen LogP contribution >= 0.6 is 0 Å². The Balaban J connectivity index is 1.81. The lowest BCUT2D eigenvalue weighted by Gasteiger charge is -2.37. The summed E-state index contributed by atoms with van der Waals surface area (Å²) in [6, 6.07) is -0.132. The summed E-state index contributed by atoms with van der Waals surface area (Å²) in [6.07, 6.45) is -0.0717. The van der Waals surface area contributed by atoms with Crippen molar-refractivity contribution in [3.8, 4) is 0 Å². The third-order valence-corrected chi connectivity index (χ3v) is 4.24. The lowest BCUT2D eigenvalue weighted by atomic mass is 9.77. The van der Waals surface area contributed by atoms with Gasteiger partial charge in [0.2, 0.25) is 0 Å². The number of hydrogen-bond donors (Lipinski definition) is 2. The highest BCUT2D eigenvalue weighted by molar-refractivity contribution is 5.70. The van der Waals surface area contributed by atoms with Crippen molar-refractivity contribution in [1.29, 1.82) is 0 Å². The molecule has 0 aromatic rings. The molecule has 6 atom stereocenters. The first kappa shape index (κ1) is 13.1. The van der Waals surface area contributed by atoms with E-state index in [0.717, 1.165) is 0 Å². The molecule has 2 heterocycles. The molecule has 1 saturated carbocycles. The zero-order chi connectivity index (χ0) is 13.8. The van der Waals surface area contributed by atoms with Gasteiger partial charge in [-0.3, -0.25) is 0 Å². The standard InChI is InChI=1S/C13H21NO5/c1-6-10(14-12(16)17-6)8-4-7(15)5-9-11(8)19-13(2,3)18-9/h6-11,15H,4-5H2,1-3H3,(H,14,16)/t6-,7-,8?,9-,10+,11-/m1/s1. The summed E-state index contributed by atoms with van der Waals surface area (Å²) in [6.45, 7) is 5.61. The Hall–Kier alpha value is -0.850. The molecule has 1 unspecified atom stereocenters. The van der Waals surface area contributed by atoms with Crippen LogP contribution in [0.4, 0.5) is 4.79 Å². The summed E-state index contributed by atoms with van der Waals surface area (Å²) in [4.78, 5) is 11.3. The van der Waals surface area contributed by atoms with E-state index in [1.807, 2.05) is 20.8 Å². The minimum Gasteiger partial charge on any atom is -0.444 e. The van der Waals surface area contributed by atoms with E-state index in [4.69, 9.17) is 14.2 Å². The third kappa shape index (κ3) is 2.32. The second kappa shape index (κ2) is 4.33. The normalized spacial score (nSPS) is 48.5. The first-order chi connectivity index (χ1) is 8.85. The van der Waals surface area contributed by atoms with E-state index in [0.29, 0.717) is 12.8 Å². The summed E-state index contributed by atoms with van der Waals surface area (Å²) in [7, 11) is 0. The number of aliphatic hydroxyl groups is 1. The van der Waals surface area contributed by atoms with E-state index in [2.05, 4.69) is 5.32 Å². The lowest BCUT2D eigenvalue weighted by Crippen LogP contribution is -2.51. The van der Waals surface area contributed by atoms with Crippen LogP contribution < -0.4 is 5.32 Å². The molecule has 3 rings (SSSR count). The van der Waals surface area contributed by atoms with Crippen molar-refractivity contribution in [3.63, 3.8) is 0 Å². The Kier molecular flexibility index (Phi) is 2.99. The largest absolute Gasteiger partial charge is 0.444 e. The summed E-state index contributed by atoms with van der Waals surface area (Å²) in [5.74, 6) is -0.623. The van der Waals surface area contributed by atoms with Crippen molar-refractivity contribution >= 4 is 6.09 Å². The van der Waals surface area contributed by atoms with Crippen LogP contribution in [0.25, 0.3) is 0 Å². The molecule has 6 nitrogen and oxygen atoms in total. The van der Waals surface area contributed by atoms with Crippen LogP contribution in [0, 0.1) is 5.92 Å². The topological polar surface area (TPSA) is 77.0 Å². The van der Waals surface area contributed by atoms with Crippen LogP contribution in [0.5, 0.6) is 0 Å². The highest BCUT2D eigenvalue weighted by atomic mass is 16.8. The van der Waals surface area contributed by atoms with Gasteiger partial charge in [-0.25, -0.2) is 4.79 Å². The Labute approximate surface area is 112 Å². The monoisotopic (exact) mass is 271 g/mol. The van der Waals surface area contributed by atoms with E-state index < -0.39 is 18.0 Å². The predicted molar refractivity (Wildman–Crippen MR) is 65.4 cm³/mol. The molecule has 6 heteroatoms. The van der Waals surface area contributed by atoms with Crippen molar-refractivity contribution in [3.05, 3.63) is 0 Å². The number of fused-ring (bicyclic) bond motifs is 1. The highest BCUT2D eigenvalue weighted by Crippen LogP contribution is 2.42. The van der Waals surface area contributed by atoms with Gasteiger partial charge in [0.25, 0.3) is 0 Å². The van der Waals surface area contributed by atoms with Gasteiger partial charge in [-0.2, -0.15) is 0 Å². The molecular weight excluding hydrogens is 250 g/mol. The molecule has 0 radical (unpaired) electrons. The zero-order valence-corrected chi connectivity index (χ0v) is 11.5. The van der Waals surface area contributed by atoms with Crippen LogP contribution in [0.1, 0.15) is 33.6 Å². The number of cyclic esters (lactones) is 1. The van der Waals surface area contributed by atoms with Gasteiger partial charge in [-0.1, -0.05) is 0 Å². The number of aliphatic hydroxyl groups excluding tert-OH is 1. The van der Waals surface area contributed by atoms with Gasteiger partial charge in [0.15, 0.2) is 5.79 Å². The first-order valence-electron chi connectivity index (χ1n) is 6.86. The van der Waals surface area contributed by atoms with E-state index >= 15 is 0 Å². The van der Waals surface area contributed by atoms with Crippen molar-refractivity contribution in [1.82, 2.24) is 5.32 Å². The number of alkyl carbamates (subject to hydrolysis) is 1. The van der Waals surface area contributed by atoms with Gasteiger partial charge in [0, 0.05) is 12.3 Å².